The minimum Gasteiger partial charge on any atom is -0.395 e. The first-order valence-corrected chi connectivity index (χ1v) is 6.99. The summed E-state index contributed by atoms with van der Waals surface area (Å²) >= 11 is 1.50. The lowest BCUT2D eigenvalue weighted by Crippen LogP contribution is -2.41. The van der Waals surface area contributed by atoms with Gasteiger partial charge in [-0.15, -0.1) is 0 Å². The summed E-state index contributed by atoms with van der Waals surface area (Å²) in [5.41, 5.74) is 0.873. The van der Waals surface area contributed by atoms with Crippen molar-refractivity contribution >= 4 is 17.7 Å². The molecule has 0 aliphatic rings. The van der Waals surface area contributed by atoms with Crippen molar-refractivity contribution in [3.63, 3.8) is 0 Å². The number of nitrogens with one attached hydrogen (secondary N) is 1. The highest BCUT2D eigenvalue weighted by Gasteiger charge is 2.18. The zero-order chi connectivity index (χ0) is 13.7. The molecule has 0 saturated heterocycles. The van der Waals surface area contributed by atoms with Crippen LogP contribution in [0.25, 0.3) is 0 Å². The van der Waals surface area contributed by atoms with Crippen molar-refractivity contribution in [2.24, 2.45) is 0 Å². The maximum atomic E-state index is 13.1. The Morgan fingerprint density at radius 1 is 1.56 bits per heavy atom. The molecule has 0 bridgehead atoms. The van der Waals surface area contributed by atoms with Crippen LogP contribution in [0.15, 0.2) is 18.2 Å². The largest absolute Gasteiger partial charge is 0.395 e. The number of hydrogen-bond donors (Lipinski definition) is 2. The lowest BCUT2D eigenvalue weighted by Gasteiger charge is -2.21. The summed E-state index contributed by atoms with van der Waals surface area (Å²) in [6, 6.07) is 4.11. The number of amides is 1. The van der Waals surface area contributed by atoms with Gasteiger partial charge in [0.2, 0.25) is 0 Å². The SMILES string of the molecule is CSC(CO)C(C)NC(=O)c1ccc(F)c(C)c1. The van der Waals surface area contributed by atoms with Crippen molar-refractivity contribution in [3.8, 4) is 0 Å². The van der Waals surface area contributed by atoms with E-state index in [1.165, 1.54) is 30.0 Å². The van der Waals surface area contributed by atoms with E-state index in [2.05, 4.69) is 5.32 Å². The highest BCUT2D eigenvalue weighted by atomic mass is 32.2. The Morgan fingerprint density at radius 2 is 2.22 bits per heavy atom. The molecule has 18 heavy (non-hydrogen) atoms. The molecule has 5 heteroatoms. The summed E-state index contributed by atoms with van der Waals surface area (Å²) in [7, 11) is 0. The molecule has 100 valence electrons. The van der Waals surface area contributed by atoms with Gasteiger partial charge in [0.25, 0.3) is 5.91 Å². The molecule has 0 radical (unpaired) electrons. The van der Waals surface area contributed by atoms with Crippen LogP contribution in [-0.4, -0.2) is 35.2 Å². The van der Waals surface area contributed by atoms with Gasteiger partial charge in [-0.1, -0.05) is 0 Å². The minimum atomic E-state index is -0.322. The molecule has 0 heterocycles. The first-order chi connectivity index (χ1) is 8.49. The molecule has 0 spiro atoms. The molecule has 0 aliphatic heterocycles. The lowest BCUT2D eigenvalue weighted by atomic mass is 10.1. The van der Waals surface area contributed by atoms with Gasteiger partial charge in [0.15, 0.2) is 0 Å². The highest BCUT2D eigenvalue weighted by Crippen LogP contribution is 2.12. The van der Waals surface area contributed by atoms with Crippen molar-refractivity contribution in [1.82, 2.24) is 5.32 Å². The molecule has 1 aromatic carbocycles. The molecule has 0 saturated carbocycles. The van der Waals surface area contributed by atoms with Crippen molar-refractivity contribution in [3.05, 3.63) is 35.1 Å². The summed E-state index contributed by atoms with van der Waals surface area (Å²) in [5, 5.41) is 11.9. The van der Waals surface area contributed by atoms with Crippen LogP contribution >= 0.6 is 11.8 Å². The summed E-state index contributed by atoms with van der Waals surface area (Å²) in [5.74, 6) is -0.574. The molecule has 0 aliphatic carbocycles. The van der Waals surface area contributed by atoms with Crippen molar-refractivity contribution in [1.29, 1.82) is 0 Å². The zero-order valence-corrected chi connectivity index (χ0v) is 11.6. The fourth-order valence-electron chi connectivity index (χ4n) is 1.61. The van der Waals surface area contributed by atoms with Crippen molar-refractivity contribution in [2.75, 3.05) is 12.9 Å². The van der Waals surface area contributed by atoms with Gasteiger partial charge >= 0.3 is 0 Å². The minimum absolute atomic E-state index is 0.00502. The lowest BCUT2D eigenvalue weighted by molar-refractivity contribution is 0.0936. The number of thioether (sulfide) groups is 1. The number of hydrogen-bond acceptors (Lipinski definition) is 3. The second-order valence-corrected chi connectivity index (χ2v) is 5.26. The third-order valence-electron chi connectivity index (χ3n) is 2.82. The van der Waals surface area contributed by atoms with E-state index >= 15 is 0 Å². The maximum absolute atomic E-state index is 13.1. The van der Waals surface area contributed by atoms with E-state index in [9.17, 15) is 9.18 Å². The Hall–Kier alpha value is -1.07. The number of aryl methyl sites for hydroxylation is 1. The second kappa shape index (κ2) is 6.75. The number of carbonyl (C=O) groups is 1. The average molecular weight is 271 g/mol. The third-order valence-corrected chi connectivity index (χ3v) is 3.98. The van der Waals surface area contributed by atoms with Crippen LogP contribution in [0.1, 0.15) is 22.8 Å². The van der Waals surface area contributed by atoms with E-state index in [0.29, 0.717) is 11.1 Å². The van der Waals surface area contributed by atoms with Gasteiger partial charge in [-0.3, -0.25) is 4.79 Å². The van der Waals surface area contributed by atoms with Crippen LogP contribution < -0.4 is 5.32 Å². The van der Waals surface area contributed by atoms with Crippen molar-refractivity contribution in [2.45, 2.75) is 25.1 Å². The molecule has 3 nitrogen and oxygen atoms in total. The molecular weight excluding hydrogens is 253 g/mol. The Morgan fingerprint density at radius 3 is 2.72 bits per heavy atom. The van der Waals surface area contributed by atoms with Crippen LogP contribution in [0.4, 0.5) is 4.39 Å². The van der Waals surface area contributed by atoms with E-state index in [1.807, 2.05) is 13.2 Å². The molecule has 1 amide bonds. The summed E-state index contributed by atoms with van der Waals surface area (Å²) in [6.45, 7) is 3.46. The first kappa shape index (κ1) is 15.0. The van der Waals surface area contributed by atoms with Gasteiger partial charge in [-0.05, 0) is 43.9 Å². The van der Waals surface area contributed by atoms with Crippen molar-refractivity contribution < 1.29 is 14.3 Å². The van der Waals surface area contributed by atoms with Crippen LogP contribution in [0.5, 0.6) is 0 Å². The fourth-order valence-corrected chi connectivity index (χ4v) is 2.23. The number of halogens is 1. The smallest absolute Gasteiger partial charge is 0.251 e. The molecule has 0 fully saturated rings. The van der Waals surface area contributed by atoms with Gasteiger partial charge in [0.1, 0.15) is 5.82 Å². The molecule has 2 atom stereocenters. The number of carbonyl (C=O) groups excluding carboxylic acids is 1. The molecule has 0 aromatic heterocycles. The van der Waals surface area contributed by atoms with Crippen LogP contribution in [0, 0.1) is 12.7 Å². The summed E-state index contributed by atoms with van der Waals surface area (Å²) < 4.78 is 13.1. The summed E-state index contributed by atoms with van der Waals surface area (Å²) in [4.78, 5) is 11.9. The zero-order valence-electron chi connectivity index (χ0n) is 10.7. The van der Waals surface area contributed by atoms with Crippen LogP contribution in [0.2, 0.25) is 0 Å². The Kier molecular flexibility index (Phi) is 5.62. The Labute approximate surface area is 111 Å². The predicted molar refractivity (Wildman–Crippen MR) is 72.5 cm³/mol. The maximum Gasteiger partial charge on any atom is 0.251 e. The van der Waals surface area contributed by atoms with E-state index in [0.717, 1.165) is 0 Å². The normalized spacial score (nSPS) is 14.1. The predicted octanol–water partition coefficient (Wildman–Crippen LogP) is 1.98. The standard InChI is InChI=1S/C13H18FNO2S/c1-8-6-10(4-5-11(8)14)13(17)15-9(2)12(7-16)18-3/h4-6,9,12,16H,7H2,1-3H3,(H,15,17). The van der Waals surface area contributed by atoms with Gasteiger partial charge in [-0.2, -0.15) is 11.8 Å². The quantitative estimate of drug-likeness (QED) is 0.861. The molecular formula is C13H18FNO2S. The molecule has 2 unspecified atom stereocenters. The second-order valence-electron chi connectivity index (χ2n) is 4.18. The number of rotatable bonds is 5. The van der Waals surface area contributed by atoms with Crippen LogP contribution in [-0.2, 0) is 0 Å². The van der Waals surface area contributed by atoms with Gasteiger partial charge in [0, 0.05) is 16.9 Å². The highest BCUT2D eigenvalue weighted by molar-refractivity contribution is 7.99. The fraction of sp³-hybridized carbons (Fsp3) is 0.462. The van der Waals surface area contributed by atoms with Crippen LogP contribution in [0.3, 0.4) is 0 Å². The van der Waals surface area contributed by atoms with E-state index in [4.69, 9.17) is 5.11 Å². The first-order valence-electron chi connectivity index (χ1n) is 5.70. The van der Waals surface area contributed by atoms with E-state index in [-0.39, 0.29) is 29.6 Å². The van der Waals surface area contributed by atoms with Gasteiger partial charge in [-0.25, -0.2) is 4.39 Å². The molecule has 2 N–H and O–H groups in total. The molecule has 1 rings (SSSR count). The summed E-state index contributed by atoms with van der Waals surface area (Å²) in [6.07, 6.45) is 1.88. The van der Waals surface area contributed by atoms with E-state index < -0.39 is 0 Å². The Bertz CT molecular complexity index is 421. The Balaban J connectivity index is 2.73. The number of aliphatic hydroxyl groups is 1. The van der Waals surface area contributed by atoms with Gasteiger partial charge < -0.3 is 10.4 Å². The molecule has 1 aromatic rings. The topological polar surface area (TPSA) is 49.3 Å². The van der Waals surface area contributed by atoms with Gasteiger partial charge in [0.05, 0.1) is 6.61 Å². The van der Waals surface area contributed by atoms with E-state index in [1.54, 1.807) is 6.92 Å². The third kappa shape index (κ3) is 3.71. The number of aliphatic hydroxyl groups excluding tert-OH is 1. The number of benzene rings is 1. The monoisotopic (exact) mass is 271 g/mol. The average Bonchev–Trinajstić information content (AvgIpc) is 2.34.